The van der Waals surface area contributed by atoms with Gasteiger partial charge in [-0.05, 0) is 43.0 Å². The van der Waals surface area contributed by atoms with E-state index in [2.05, 4.69) is 17.3 Å². The zero-order valence-electron chi connectivity index (χ0n) is 16.3. The molecule has 144 valence electrons. The van der Waals surface area contributed by atoms with E-state index in [9.17, 15) is 9.59 Å². The van der Waals surface area contributed by atoms with Crippen LogP contribution in [0.25, 0.3) is 5.69 Å². The summed E-state index contributed by atoms with van der Waals surface area (Å²) < 4.78 is 1.76. The molecule has 2 heterocycles. The van der Waals surface area contributed by atoms with E-state index in [0.29, 0.717) is 18.0 Å². The van der Waals surface area contributed by atoms with Gasteiger partial charge in [0.1, 0.15) is 0 Å². The molecule has 0 bridgehead atoms. The molecule has 0 unspecified atom stereocenters. The minimum atomic E-state index is -0.0342. The van der Waals surface area contributed by atoms with E-state index in [1.807, 2.05) is 49.2 Å². The predicted octanol–water partition coefficient (Wildman–Crippen LogP) is 3.02. The number of piperidine rings is 1. The Balaban J connectivity index is 1.63. The number of nitrogens with one attached hydrogen (secondary N) is 1. The van der Waals surface area contributed by atoms with Crippen molar-refractivity contribution in [2.75, 3.05) is 13.1 Å². The quantitative estimate of drug-likeness (QED) is 0.882. The Kier molecular flexibility index (Phi) is 5.94. The van der Waals surface area contributed by atoms with E-state index in [1.54, 1.807) is 10.9 Å². The van der Waals surface area contributed by atoms with Gasteiger partial charge in [-0.25, -0.2) is 4.68 Å². The van der Waals surface area contributed by atoms with Gasteiger partial charge >= 0.3 is 0 Å². The normalized spacial score (nSPS) is 17.2. The van der Waals surface area contributed by atoms with Gasteiger partial charge in [0.2, 0.25) is 5.91 Å². The zero-order chi connectivity index (χ0) is 19.4. The van der Waals surface area contributed by atoms with Crippen molar-refractivity contribution in [2.45, 2.75) is 40.2 Å². The predicted molar refractivity (Wildman–Crippen MR) is 105 cm³/mol. The molecule has 1 aromatic heterocycles. The third-order valence-electron chi connectivity index (χ3n) is 4.95. The smallest absolute Gasteiger partial charge is 0.253 e. The monoisotopic (exact) mass is 368 g/mol. The van der Waals surface area contributed by atoms with Crippen molar-refractivity contribution in [3.05, 3.63) is 47.8 Å². The van der Waals surface area contributed by atoms with Crippen LogP contribution in [-0.4, -0.2) is 39.6 Å². The molecule has 6 heteroatoms. The number of aromatic nitrogens is 2. The summed E-state index contributed by atoms with van der Waals surface area (Å²) in [6.45, 7) is 8.07. The van der Waals surface area contributed by atoms with Crippen LogP contribution in [0.1, 0.15) is 49.5 Å². The Morgan fingerprint density at radius 2 is 2.00 bits per heavy atom. The van der Waals surface area contributed by atoms with Gasteiger partial charge in [0, 0.05) is 42.9 Å². The zero-order valence-corrected chi connectivity index (χ0v) is 16.3. The van der Waals surface area contributed by atoms with Crippen molar-refractivity contribution < 1.29 is 9.59 Å². The Morgan fingerprint density at radius 1 is 1.26 bits per heavy atom. The highest BCUT2D eigenvalue weighted by atomic mass is 16.2. The molecule has 1 N–H and O–H groups in total. The van der Waals surface area contributed by atoms with E-state index in [-0.39, 0.29) is 17.7 Å². The number of nitrogens with zero attached hydrogens (tertiary/aromatic N) is 3. The Bertz CT molecular complexity index is 795. The maximum atomic E-state index is 12.7. The number of carbonyl (C=O) groups excluding carboxylic acids is 2. The van der Waals surface area contributed by atoms with Crippen LogP contribution in [0.4, 0.5) is 0 Å². The molecule has 1 atom stereocenters. The summed E-state index contributed by atoms with van der Waals surface area (Å²) in [5.41, 5.74) is 2.54. The van der Waals surface area contributed by atoms with Crippen LogP contribution in [0, 0.1) is 11.8 Å². The minimum absolute atomic E-state index is 0.0256. The summed E-state index contributed by atoms with van der Waals surface area (Å²) in [6, 6.07) is 7.53. The molecule has 6 nitrogen and oxygen atoms in total. The summed E-state index contributed by atoms with van der Waals surface area (Å²) in [5, 5.41) is 7.24. The minimum Gasteiger partial charge on any atom is -0.352 e. The highest BCUT2D eigenvalue weighted by molar-refractivity contribution is 5.94. The molecule has 1 aliphatic rings. The molecular weight excluding hydrogens is 340 g/mol. The van der Waals surface area contributed by atoms with Gasteiger partial charge in [0.15, 0.2) is 0 Å². The standard InChI is InChI=1S/C21H28N4O2/c1-15(2)20(26)22-11-17-12-23-25(14-17)19-8-6-18(7-9-19)21(27)24-10-4-5-16(3)13-24/h6-9,12,14-16H,4-5,10-11,13H2,1-3H3,(H,22,26)/t16-/m0/s1. The van der Waals surface area contributed by atoms with Gasteiger partial charge in [-0.15, -0.1) is 0 Å². The van der Waals surface area contributed by atoms with Crippen molar-refractivity contribution in [3.63, 3.8) is 0 Å². The average molecular weight is 368 g/mol. The lowest BCUT2D eigenvalue weighted by atomic mass is 9.99. The lowest BCUT2D eigenvalue weighted by Crippen LogP contribution is -2.39. The fourth-order valence-corrected chi connectivity index (χ4v) is 3.30. The Hall–Kier alpha value is -2.63. The molecular formula is C21H28N4O2. The number of rotatable bonds is 5. The second kappa shape index (κ2) is 8.37. The number of likely N-dealkylation sites (tertiary alicyclic amines) is 1. The lowest BCUT2D eigenvalue weighted by molar-refractivity contribution is -0.124. The van der Waals surface area contributed by atoms with E-state index in [1.165, 1.54) is 6.42 Å². The van der Waals surface area contributed by atoms with Crippen molar-refractivity contribution in [3.8, 4) is 5.69 Å². The molecule has 2 aromatic rings. The fourth-order valence-electron chi connectivity index (χ4n) is 3.30. The topological polar surface area (TPSA) is 67.2 Å². The first-order valence-electron chi connectivity index (χ1n) is 9.65. The van der Waals surface area contributed by atoms with Crippen LogP contribution in [0.15, 0.2) is 36.7 Å². The SMILES string of the molecule is CC(C)C(=O)NCc1cnn(-c2ccc(C(=O)N3CCC[C@H](C)C3)cc2)c1. The third kappa shape index (κ3) is 4.76. The van der Waals surface area contributed by atoms with Gasteiger partial charge in [0.05, 0.1) is 11.9 Å². The first-order valence-corrected chi connectivity index (χ1v) is 9.65. The van der Waals surface area contributed by atoms with Gasteiger partial charge in [0.25, 0.3) is 5.91 Å². The van der Waals surface area contributed by atoms with Crippen molar-refractivity contribution in [1.82, 2.24) is 20.0 Å². The second-order valence-corrected chi connectivity index (χ2v) is 7.71. The molecule has 1 aromatic carbocycles. The molecule has 1 fully saturated rings. The lowest BCUT2D eigenvalue weighted by Gasteiger charge is -2.31. The van der Waals surface area contributed by atoms with Gasteiger partial charge < -0.3 is 10.2 Å². The van der Waals surface area contributed by atoms with Crippen LogP contribution >= 0.6 is 0 Å². The summed E-state index contributed by atoms with van der Waals surface area (Å²) in [4.78, 5) is 26.3. The van der Waals surface area contributed by atoms with Crippen molar-refractivity contribution in [2.24, 2.45) is 11.8 Å². The van der Waals surface area contributed by atoms with Gasteiger partial charge in [-0.2, -0.15) is 5.10 Å². The van der Waals surface area contributed by atoms with E-state index < -0.39 is 0 Å². The van der Waals surface area contributed by atoms with Crippen LogP contribution in [0.3, 0.4) is 0 Å². The second-order valence-electron chi connectivity index (χ2n) is 7.71. The molecule has 2 amide bonds. The summed E-state index contributed by atoms with van der Waals surface area (Å²) >= 11 is 0. The molecule has 27 heavy (non-hydrogen) atoms. The maximum Gasteiger partial charge on any atom is 0.253 e. The highest BCUT2D eigenvalue weighted by Gasteiger charge is 2.21. The maximum absolute atomic E-state index is 12.7. The molecule has 1 aliphatic heterocycles. The van der Waals surface area contributed by atoms with E-state index in [4.69, 9.17) is 0 Å². The number of hydrogen-bond donors (Lipinski definition) is 1. The molecule has 0 spiro atoms. The first-order chi connectivity index (χ1) is 12.9. The Labute approximate surface area is 160 Å². The van der Waals surface area contributed by atoms with Crippen molar-refractivity contribution in [1.29, 1.82) is 0 Å². The first kappa shape index (κ1) is 19.1. The number of amides is 2. The van der Waals surface area contributed by atoms with Crippen molar-refractivity contribution >= 4 is 11.8 Å². The van der Waals surface area contributed by atoms with Gasteiger partial charge in [-0.3, -0.25) is 9.59 Å². The molecule has 0 aliphatic carbocycles. The third-order valence-corrected chi connectivity index (χ3v) is 4.95. The number of hydrogen-bond acceptors (Lipinski definition) is 3. The van der Waals surface area contributed by atoms with E-state index >= 15 is 0 Å². The van der Waals surface area contributed by atoms with Crippen LogP contribution in [-0.2, 0) is 11.3 Å². The molecule has 0 saturated carbocycles. The summed E-state index contributed by atoms with van der Waals surface area (Å²) in [5.74, 6) is 0.664. The largest absolute Gasteiger partial charge is 0.352 e. The summed E-state index contributed by atoms with van der Waals surface area (Å²) in [6.07, 6.45) is 5.91. The van der Waals surface area contributed by atoms with Crippen LogP contribution in [0.5, 0.6) is 0 Å². The van der Waals surface area contributed by atoms with Crippen LogP contribution in [0.2, 0.25) is 0 Å². The van der Waals surface area contributed by atoms with Crippen LogP contribution < -0.4 is 5.32 Å². The summed E-state index contributed by atoms with van der Waals surface area (Å²) in [7, 11) is 0. The fraction of sp³-hybridized carbons (Fsp3) is 0.476. The molecule has 1 saturated heterocycles. The van der Waals surface area contributed by atoms with E-state index in [0.717, 1.165) is 30.8 Å². The van der Waals surface area contributed by atoms with Gasteiger partial charge in [-0.1, -0.05) is 20.8 Å². The highest BCUT2D eigenvalue weighted by Crippen LogP contribution is 2.19. The molecule has 0 radical (unpaired) electrons. The molecule has 3 rings (SSSR count). The number of carbonyl (C=O) groups is 2. The average Bonchev–Trinajstić information content (AvgIpc) is 3.14. The number of benzene rings is 1. The Morgan fingerprint density at radius 3 is 2.67 bits per heavy atom.